The third-order valence-electron chi connectivity index (χ3n) is 5.99. The van der Waals surface area contributed by atoms with Gasteiger partial charge in [-0.25, -0.2) is 14.4 Å². The zero-order chi connectivity index (χ0) is 27.3. The Labute approximate surface area is 217 Å². The maximum Gasteiger partial charge on any atom is 0.416 e. The number of nitrogen functional groups attached to an aromatic ring is 1. The molecule has 38 heavy (non-hydrogen) atoms. The van der Waals surface area contributed by atoms with Crippen LogP contribution in [-0.2, 0) is 6.18 Å². The third-order valence-corrected chi connectivity index (χ3v) is 5.99. The lowest BCUT2D eigenvalue weighted by Crippen LogP contribution is -2.41. The van der Waals surface area contributed by atoms with Gasteiger partial charge in [-0.15, -0.1) is 0 Å². The summed E-state index contributed by atoms with van der Waals surface area (Å²) < 4.78 is 60.9. The van der Waals surface area contributed by atoms with Crippen LogP contribution in [0.5, 0.6) is 5.75 Å². The maximum absolute atomic E-state index is 14.6. The minimum Gasteiger partial charge on any atom is -0.487 e. The number of hydrogen-bond acceptors (Lipinski definition) is 6. The van der Waals surface area contributed by atoms with Crippen molar-refractivity contribution < 1.29 is 27.1 Å². The number of likely N-dealkylation sites (tertiary alicyclic amines) is 1. The number of likely N-dealkylation sites (N-methyl/N-ethyl adjacent to an activating group) is 1. The molecule has 1 fully saturated rings. The third kappa shape index (κ3) is 6.77. The van der Waals surface area contributed by atoms with Crippen molar-refractivity contribution in [2.45, 2.75) is 32.0 Å². The Morgan fingerprint density at radius 1 is 1.16 bits per heavy atom. The van der Waals surface area contributed by atoms with Gasteiger partial charge in [0.05, 0.1) is 22.4 Å². The molecule has 1 amide bonds. The van der Waals surface area contributed by atoms with Crippen molar-refractivity contribution in [1.82, 2.24) is 14.9 Å². The van der Waals surface area contributed by atoms with Gasteiger partial charge < -0.3 is 15.8 Å². The van der Waals surface area contributed by atoms with Crippen LogP contribution in [0.25, 0.3) is 0 Å². The van der Waals surface area contributed by atoms with Crippen molar-refractivity contribution >= 4 is 17.5 Å². The normalized spacial score (nSPS) is 15.9. The van der Waals surface area contributed by atoms with Crippen molar-refractivity contribution in [3.63, 3.8) is 0 Å². The lowest BCUT2D eigenvalue weighted by atomic mass is 10.1. The summed E-state index contributed by atoms with van der Waals surface area (Å²) in [6, 6.07) is 6.50. The Kier molecular flexibility index (Phi) is 8.12. The number of amides is 1. The average Bonchev–Trinajstić information content (AvgIpc) is 2.89. The first-order valence-electron chi connectivity index (χ1n) is 11.9. The SMILES string of the molecule is CCN1CCCC(Oc2ccc(C(F)(F)F)cc2NC(=O)c2cc(C#Cc3cnc(N)nc3)ccc2F)C1. The molecule has 2 heterocycles. The number of halogens is 4. The number of aromatic nitrogens is 2. The molecule has 2 aromatic carbocycles. The maximum atomic E-state index is 14.6. The van der Waals surface area contributed by atoms with Gasteiger partial charge in [-0.1, -0.05) is 18.8 Å². The standard InChI is InChI=1S/C27H25F4N5O2/c1-2-36-11-3-4-20(16-36)38-24-10-8-19(27(29,30)31)13-23(24)35-25(37)21-12-17(7-9-22(21)28)5-6-18-14-33-26(32)34-15-18/h7-10,12-15,20H,2-4,11,16H2,1H3,(H,35,37)(H2,32,33,34). The summed E-state index contributed by atoms with van der Waals surface area (Å²) in [4.78, 5) is 22.9. The van der Waals surface area contributed by atoms with Gasteiger partial charge in [0, 0.05) is 24.5 Å². The number of nitrogens with one attached hydrogen (secondary N) is 1. The van der Waals surface area contributed by atoms with Crippen LogP contribution in [0.3, 0.4) is 0 Å². The van der Waals surface area contributed by atoms with Gasteiger partial charge in [-0.3, -0.25) is 9.69 Å². The molecule has 0 spiro atoms. The molecule has 3 N–H and O–H groups in total. The molecule has 1 saturated heterocycles. The number of alkyl halides is 3. The minimum atomic E-state index is -4.64. The fraction of sp³-hybridized carbons (Fsp3) is 0.296. The van der Waals surface area contributed by atoms with Gasteiger partial charge in [0.1, 0.15) is 17.7 Å². The summed E-state index contributed by atoms with van der Waals surface area (Å²) in [5.74, 6) is 3.92. The number of ether oxygens (including phenoxy) is 1. The van der Waals surface area contributed by atoms with Crippen LogP contribution in [0, 0.1) is 17.7 Å². The molecule has 3 aromatic rings. The molecule has 7 nitrogen and oxygen atoms in total. The van der Waals surface area contributed by atoms with Gasteiger partial charge in [-0.05, 0) is 62.3 Å². The van der Waals surface area contributed by atoms with E-state index in [2.05, 4.69) is 32.0 Å². The van der Waals surface area contributed by atoms with Crippen molar-refractivity contribution in [2.24, 2.45) is 0 Å². The largest absolute Gasteiger partial charge is 0.487 e. The molecule has 0 radical (unpaired) electrons. The van der Waals surface area contributed by atoms with E-state index in [1.54, 1.807) is 0 Å². The summed E-state index contributed by atoms with van der Waals surface area (Å²) in [5, 5.41) is 2.40. The second-order valence-electron chi connectivity index (χ2n) is 8.71. The molecule has 0 aliphatic carbocycles. The van der Waals surface area contributed by atoms with Crippen molar-refractivity contribution in [2.75, 3.05) is 30.7 Å². The monoisotopic (exact) mass is 527 g/mol. The van der Waals surface area contributed by atoms with Gasteiger partial charge in [-0.2, -0.15) is 13.2 Å². The summed E-state index contributed by atoms with van der Waals surface area (Å²) in [7, 11) is 0. The number of carbonyl (C=O) groups is 1. The van der Waals surface area contributed by atoms with E-state index in [4.69, 9.17) is 10.5 Å². The molecule has 1 aromatic heterocycles. The number of piperidine rings is 1. The Morgan fingerprint density at radius 3 is 2.61 bits per heavy atom. The minimum absolute atomic E-state index is 0.0778. The van der Waals surface area contributed by atoms with Gasteiger partial charge in [0.25, 0.3) is 5.91 Å². The lowest BCUT2D eigenvalue weighted by Gasteiger charge is -2.32. The highest BCUT2D eigenvalue weighted by molar-refractivity contribution is 6.05. The van der Waals surface area contributed by atoms with E-state index in [1.165, 1.54) is 30.6 Å². The highest BCUT2D eigenvalue weighted by Crippen LogP contribution is 2.36. The Bertz CT molecular complexity index is 1370. The molecule has 0 saturated carbocycles. The number of rotatable bonds is 5. The van der Waals surface area contributed by atoms with E-state index in [0.29, 0.717) is 17.7 Å². The van der Waals surface area contributed by atoms with Crippen LogP contribution in [0.2, 0.25) is 0 Å². The molecular weight excluding hydrogens is 502 g/mol. The number of benzene rings is 2. The number of hydrogen-bond donors (Lipinski definition) is 2. The lowest BCUT2D eigenvalue weighted by molar-refractivity contribution is -0.137. The highest BCUT2D eigenvalue weighted by Gasteiger charge is 2.32. The summed E-state index contributed by atoms with van der Waals surface area (Å²) in [6.45, 7) is 4.36. The van der Waals surface area contributed by atoms with Crippen LogP contribution in [0.1, 0.15) is 46.8 Å². The second kappa shape index (κ2) is 11.5. The molecule has 1 atom stereocenters. The highest BCUT2D eigenvalue weighted by atomic mass is 19.4. The summed E-state index contributed by atoms with van der Waals surface area (Å²) >= 11 is 0. The predicted octanol–water partition coefficient (Wildman–Crippen LogP) is 4.73. The first-order chi connectivity index (χ1) is 18.1. The molecule has 1 unspecified atom stereocenters. The van der Waals surface area contributed by atoms with Crippen molar-refractivity contribution in [3.8, 4) is 17.6 Å². The first kappa shape index (κ1) is 26.9. The zero-order valence-electron chi connectivity index (χ0n) is 20.5. The molecule has 1 aliphatic rings. The fourth-order valence-corrected chi connectivity index (χ4v) is 4.00. The smallest absolute Gasteiger partial charge is 0.416 e. The molecular formula is C27H25F4N5O2. The van der Waals surface area contributed by atoms with E-state index in [9.17, 15) is 22.4 Å². The molecule has 1 aliphatic heterocycles. The number of carbonyl (C=O) groups excluding carboxylic acids is 1. The van der Waals surface area contributed by atoms with Gasteiger partial charge in [0.2, 0.25) is 5.95 Å². The summed E-state index contributed by atoms with van der Waals surface area (Å²) in [5.41, 5.74) is 4.64. The zero-order valence-corrected chi connectivity index (χ0v) is 20.5. The molecule has 4 rings (SSSR count). The van der Waals surface area contributed by atoms with Crippen LogP contribution in [0.4, 0.5) is 29.2 Å². The van der Waals surface area contributed by atoms with E-state index < -0.39 is 23.5 Å². The van der Waals surface area contributed by atoms with E-state index in [-0.39, 0.29) is 29.1 Å². The number of nitrogens with two attached hydrogens (primary N) is 1. The average molecular weight is 528 g/mol. The first-order valence-corrected chi connectivity index (χ1v) is 11.9. The van der Waals surface area contributed by atoms with Gasteiger partial charge >= 0.3 is 6.18 Å². The van der Waals surface area contributed by atoms with E-state index in [1.807, 2.05) is 6.92 Å². The van der Waals surface area contributed by atoms with Crippen LogP contribution in [0.15, 0.2) is 48.8 Å². The predicted molar refractivity (Wildman–Crippen MR) is 134 cm³/mol. The number of anilines is 2. The topological polar surface area (TPSA) is 93.4 Å². The van der Waals surface area contributed by atoms with Crippen molar-refractivity contribution in [3.05, 3.63) is 76.9 Å². The van der Waals surface area contributed by atoms with E-state index in [0.717, 1.165) is 44.1 Å². The Hall–Kier alpha value is -4.17. The number of nitrogens with zero attached hydrogens (tertiary/aromatic N) is 3. The van der Waals surface area contributed by atoms with Crippen LogP contribution in [-0.4, -0.2) is 46.5 Å². The van der Waals surface area contributed by atoms with Gasteiger partial charge in [0.15, 0.2) is 0 Å². The molecule has 11 heteroatoms. The molecule has 198 valence electrons. The van der Waals surface area contributed by atoms with Crippen LogP contribution < -0.4 is 15.8 Å². The Morgan fingerprint density at radius 2 is 1.89 bits per heavy atom. The second-order valence-corrected chi connectivity index (χ2v) is 8.71. The van der Waals surface area contributed by atoms with Crippen LogP contribution >= 0.6 is 0 Å². The molecule has 0 bridgehead atoms. The van der Waals surface area contributed by atoms with Crippen molar-refractivity contribution in [1.29, 1.82) is 0 Å². The fourth-order valence-electron chi connectivity index (χ4n) is 4.00. The van der Waals surface area contributed by atoms with E-state index >= 15 is 0 Å². The summed E-state index contributed by atoms with van der Waals surface area (Å²) in [6.07, 6.45) is -0.485. The Balaban J connectivity index is 1.60. The quantitative estimate of drug-likeness (QED) is 0.368.